The van der Waals surface area contributed by atoms with E-state index in [-0.39, 0.29) is 0 Å². The SMILES string of the molecule is c1ccc(-c2ccccc2-c2cc3ccccc3c3nc(-n4c5cccc6c7cccc8c9ccccc9n(c9cccc4c9c65)c78)c(-c4ccccc4)nc23)cc1. The standard InChI is InChI=1S/C54H32N4/c1-3-16-33(17-4-1)36-21-9-10-23-38(36)43-32-35-20-7-8-22-37(35)51-52(43)55-50(34-18-5-2-6-19-34)54(56-51)58-45-29-14-25-40-42-27-13-26-41-39-24-11-12-28-44(39)57(53(41)42)46-30-15-31-47(58)49(46)48(40)45/h1-32H. The van der Waals surface area contributed by atoms with Crippen molar-refractivity contribution >= 4 is 81.7 Å². The van der Waals surface area contributed by atoms with Gasteiger partial charge in [-0.1, -0.05) is 164 Å². The average Bonchev–Trinajstić information content (AvgIpc) is 3.78. The fourth-order valence-corrected chi connectivity index (χ4v) is 9.82. The third-order valence-electron chi connectivity index (χ3n) is 12.2. The maximum absolute atomic E-state index is 5.83. The Labute approximate surface area is 332 Å². The second-order valence-electron chi connectivity index (χ2n) is 15.3. The third-order valence-corrected chi connectivity index (χ3v) is 12.2. The summed E-state index contributed by atoms with van der Waals surface area (Å²) in [5, 5.41) is 9.62. The van der Waals surface area contributed by atoms with Gasteiger partial charge in [0, 0.05) is 43.4 Å². The maximum Gasteiger partial charge on any atom is 0.165 e. The van der Waals surface area contributed by atoms with E-state index in [2.05, 4.69) is 203 Å². The van der Waals surface area contributed by atoms with Gasteiger partial charge in [0.25, 0.3) is 0 Å². The molecule has 0 aliphatic heterocycles. The predicted molar refractivity (Wildman–Crippen MR) is 242 cm³/mol. The normalized spacial score (nSPS) is 12.1. The van der Waals surface area contributed by atoms with E-state index in [0.717, 1.165) is 66.6 Å². The molecule has 0 fully saturated rings. The molecule has 0 saturated carbocycles. The van der Waals surface area contributed by atoms with Crippen LogP contribution < -0.4 is 0 Å². The second kappa shape index (κ2) is 11.8. The Morgan fingerprint density at radius 2 is 0.914 bits per heavy atom. The molecule has 0 bridgehead atoms. The smallest absolute Gasteiger partial charge is 0.165 e. The Balaban J connectivity index is 1.22. The van der Waals surface area contributed by atoms with Gasteiger partial charge in [0.2, 0.25) is 0 Å². The Hall–Kier alpha value is -7.82. The Morgan fingerprint density at radius 1 is 0.345 bits per heavy atom. The van der Waals surface area contributed by atoms with Crippen molar-refractivity contribution in [2.24, 2.45) is 0 Å². The van der Waals surface area contributed by atoms with E-state index >= 15 is 0 Å². The van der Waals surface area contributed by atoms with E-state index in [1.165, 1.54) is 54.4 Å². The van der Waals surface area contributed by atoms with Crippen LogP contribution in [0.15, 0.2) is 194 Å². The van der Waals surface area contributed by atoms with Crippen molar-refractivity contribution in [1.29, 1.82) is 0 Å². The number of hydrogen-bond acceptors (Lipinski definition) is 2. The summed E-state index contributed by atoms with van der Waals surface area (Å²) in [5.74, 6) is 0.808. The van der Waals surface area contributed by atoms with Gasteiger partial charge in [-0.15, -0.1) is 0 Å². The molecule has 268 valence electrons. The molecule has 0 N–H and O–H groups in total. The van der Waals surface area contributed by atoms with Crippen LogP contribution in [0.1, 0.15) is 0 Å². The lowest BCUT2D eigenvalue weighted by Crippen LogP contribution is -2.05. The first kappa shape index (κ1) is 31.4. The monoisotopic (exact) mass is 736 g/mol. The Morgan fingerprint density at radius 3 is 1.74 bits per heavy atom. The van der Waals surface area contributed by atoms with Crippen molar-refractivity contribution in [3.8, 4) is 39.3 Å². The van der Waals surface area contributed by atoms with Crippen molar-refractivity contribution in [2.45, 2.75) is 0 Å². The minimum atomic E-state index is 0.808. The molecule has 4 aromatic heterocycles. The van der Waals surface area contributed by atoms with Gasteiger partial charge in [-0.3, -0.25) is 4.57 Å². The molecule has 0 atom stereocenters. The van der Waals surface area contributed by atoms with Gasteiger partial charge in [0.15, 0.2) is 5.82 Å². The van der Waals surface area contributed by atoms with E-state index < -0.39 is 0 Å². The van der Waals surface area contributed by atoms with Crippen molar-refractivity contribution < 1.29 is 0 Å². The van der Waals surface area contributed by atoms with Crippen molar-refractivity contribution in [3.63, 3.8) is 0 Å². The fraction of sp³-hybridized carbons (Fsp3) is 0. The molecule has 4 nitrogen and oxygen atoms in total. The van der Waals surface area contributed by atoms with Gasteiger partial charge in [-0.05, 0) is 57.8 Å². The molecule has 4 heterocycles. The van der Waals surface area contributed by atoms with Gasteiger partial charge >= 0.3 is 0 Å². The van der Waals surface area contributed by atoms with Crippen LogP contribution in [0.5, 0.6) is 0 Å². The summed E-state index contributed by atoms with van der Waals surface area (Å²) < 4.78 is 4.86. The quantitative estimate of drug-likeness (QED) is 0.169. The highest BCUT2D eigenvalue weighted by Gasteiger charge is 2.26. The van der Waals surface area contributed by atoms with E-state index in [0.29, 0.717) is 0 Å². The average molecular weight is 737 g/mol. The zero-order valence-corrected chi connectivity index (χ0v) is 31.3. The molecule has 0 spiro atoms. The number of fused-ring (bicyclic) bond motifs is 8. The Kier molecular flexibility index (Phi) is 6.41. The largest absolute Gasteiger partial charge is 0.308 e. The lowest BCUT2D eigenvalue weighted by molar-refractivity contribution is 1.08. The van der Waals surface area contributed by atoms with Gasteiger partial charge in [-0.2, -0.15) is 0 Å². The summed E-state index contributed by atoms with van der Waals surface area (Å²) in [5.41, 5.74) is 13.9. The molecular formula is C54H32N4. The molecule has 9 aromatic carbocycles. The third kappa shape index (κ3) is 4.23. The van der Waals surface area contributed by atoms with Crippen LogP contribution in [-0.2, 0) is 0 Å². The number of rotatable bonds is 4. The lowest BCUT2D eigenvalue weighted by Gasteiger charge is -2.18. The molecule has 13 aromatic rings. The highest BCUT2D eigenvalue weighted by atomic mass is 15.1. The number of hydrogen-bond donors (Lipinski definition) is 0. The van der Waals surface area contributed by atoms with Crippen molar-refractivity contribution in [1.82, 2.24) is 18.9 Å². The molecule has 4 heteroatoms. The topological polar surface area (TPSA) is 35.1 Å². The molecule has 0 amide bonds. The summed E-state index contributed by atoms with van der Waals surface area (Å²) in [4.78, 5) is 11.6. The molecule has 13 rings (SSSR count). The summed E-state index contributed by atoms with van der Waals surface area (Å²) >= 11 is 0. The summed E-state index contributed by atoms with van der Waals surface area (Å²) in [6, 6.07) is 69.8. The van der Waals surface area contributed by atoms with E-state index in [1.807, 2.05) is 0 Å². The number of para-hydroxylation sites is 2. The highest BCUT2D eigenvalue weighted by Crippen LogP contribution is 2.46. The van der Waals surface area contributed by atoms with Crippen LogP contribution in [0.4, 0.5) is 0 Å². The van der Waals surface area contributed by atoms with E-state index in [9.17, 15) is 0 Å². The van der Waals surface area contributed by atoms with Crippen LogP contribution in [0.2, 0.25) is 0 Å². The van der Waals surface area contributed by atoms with Gasteiger partial charge in [0.1, 0.15) is 5.69 Å². The predicted octanol–water partition coefficient (Wildman–Crippen LogP) is 14.0. The molecule has 0 saturated heterocycles. The maximum atomic E-state index is 5.83. The summed E-state index contributed by atoms with van der Waals surface area (Å²) in [6.45, 7) is 0. The van der Waals surface area contributed by atoms with Crippen LogP contribution in [0.3, 0.4) is 0 Å². The van der Waals surface area contributed by atoms with Crippen LogP contribution in [0.25, 0.3) is 121 Å². The molecular weight excluding hydrogens is 705 g/mol. The van der Waals surface area contributed by atoms with Crippen molar-refractivity contribution in [2.75, 3.05) is 0 Å². The number of benzene rings is 9. The first-order valence-electron chi connectivity index (χ1n) is 19.8. The van der Waals surface area contributed by atoms with Crippen LogP contribution in [-0.4, -0.2) is 18.9 Å². The minimum absolute atomic E-state index is 0.808. The highest BCUT2D eigenvalue weighted by molar-refractivity contribution is 6.31. The molecule has 0 unspecified atom stereocenters. The number of nitrogens with zero attached hydrogens (tertiary/aromatic N) is 4. The zero-order valence-electron chi connectivity index (χ0n) is 31.3. The van der Waals surface area contributed by atoms with Crippen LogP contribution >= 0.6 is 0 Å². The molecule has 58 heavy (non-hydrogen) atoms. The first-order valence-corrected chi connectivity index (χ1v) is 19.8. The minimum Gasteiger partial charge on any atom is -0.308 e. The second-order valence-corrected chi connectivity index (χ2v) is 15.3. The summed E-state index contributed by atoms with van der Waals surface area (Å²) in [6.07, 6.45) is 0. The molecule has 0 aliphatic rings. The van der Waals surface area contributed by atoms with Gasteiger partial charge in [-0.25, -0.2) is 9.97 Å². The summed E-state index contributed by atoms with van der Waals surface area (Å²) in [7, 11) is 0. The van der Waals surface area contributed by atoms with Crippen LogP contribution in [0, 0.1) is 0 Å². The van der Waals surface area contributed by atoms with Gasteiger partial charge < -0.3 is 4.40 Å². The van der Waals surface area contributed by atoms with Gasteiger partial charge in [0.05, 0.1) is 38.6 Å². The lowest BCUT2D eigenvalue weighted by atomic mass is 9.92. The van der Waals surface area contributed by atoms with E-state index in [1.54, 1.807) is 0 Å². The Bertz CT molecular complexity index is 3780. The number of aromatic nitrogens is 4. The first-order chi connectivity index (χ1) is 28.8. The van der Waals surface area contributed by atoms with E-state index in [4.69, 9.17) is 9.97 Å². The van der Waals surface area contributed by atoms with Crippen molar-refractivity contribution in [3.05, 3.63) is 194 Å². The fourth-order valence-electron chi connectivity index (χ4n) is 9.82. The molecule has 0 aliphatic carbocycles. The molecule has 0 radical (unpaired) electrons. The zero-order chi connectivity index (χ0) is 37.9.